The van der Waals surface area contributed by atoms with Gasteiger partial charge in [-0.1, -0.05) is 0 Å². The third-order valence-electron chi connectivity index (χ3n) is 3.52. The van der Waals surface area contributed by atoms with Crippen molar-refractivity contribution >= 4 is 35.5 Å². The van der Waals surface area contributed by atoms with Crippen molar-refractivity contribution in [3.63, 3.8) is 0 Å². The number of carboxylic acid groups (broad SMARTS) is 1. The van der Waals surface area contributed by atoms with Crippen LogP contribution in [0.2, 0.25) is 0 Å². The molecule has 5 unspecified atom stereocenters. The minimum Gasteiger partial charge on any atom is -0.480 e. The van der Waals surface area contributed by atoms with Crippen molar-refractivity contribution in [2.24, 2.45) is 5.73 Å². The molecule has 0 aliphatic carbocycles. The second kappa shape index (κ2) is 12.5. The van der Waals surface area contributed by atoms with Crippen LogP contribution in [0.1, 0.15) is 20.3 Å². The highest BCUT2D eigenvalue weighted by Crippen LogP contribution is 2.03. The monoisotopic (exact) mass is 408 g/mol. The van der Waals surface area contributed by atoms with E-state index in [0.717, 1.165) is 0 Å². The van der Waals surface area contributed by atoms with Gasteiger partial charge in [0.1, 0.15) is 18.1 Å². The Labute approximate surface area is 161 Å². The molecule has 0 aromatic heterocycles. The third-order valence-corrected chi connectivity index (χ3v) is 4.16. The van der Waals surface area contributed by atoms with Gasteiger partial charge in [0.2, 0.25) is 17.7 Å². The van der Waals surface area contributed by atoms with Crippen LogP contribution in [-0.4, -0.2) is 87.9 Å². The SMILES string of the molecule is CSCCC(NC(=O)C(NC(=O)C(CO)NC(=O)C(C)N)C(C)O)C(=O)O. The molecule has 0 aromatic rings. The van der Waals surface area contributed by atoms with Gasteiger partial charge in [0, 0.05) is 0 Å². The molecule has 0 saturated heterocycles. The molecule has 0 heterocycles. The summed E-state index contributed by atoms with van der Waals surface area (Å²) in [5.74, 6) is -3.28. The third kappa shape index (κ3) is 9.04. The molecular weight excluding hydrogens is 380 g/mol. The fourth-order valence-electron chi connectivity index (χ4n) is 1.91. The Balaban J connectivity index is 5.09. The number of amides is 3. The van der Waals surface area contributed by atoms with Gasteiger partial charge in [-0.3, -0.25) is 14.4 Å². The van der Waals surface area contributed by atoms with E-state index in [1.807, 2.05) is 0 Å². The highest BCUT2D eigenvalue weighted by atomic mass is 32.2. The van der Waals surface area contributed by atoms with Crippen LogP contribution in [0.4, 0.5) is 0 Å². The van der Waals surface area contributed by atoms with Crippen molar-refractivity contribution < 1.29 is 34.5 Å². The number of hydrogen-bond donors (Lipinski definition) is 7. The number of hydrogen-bond acceptors (Lipinski definition) is 8. The molecule has 0 aliphatic heterocycles. The number of nitrogens with one attached hydrogen (secondary N) is 3. The Bertz CT molecular complexity index is 530. The molecule has 156 valence electrons. The predicted molar refractivity (Wildman–Crippen MR) is 98.8 cm³/mol. The van der Waals surface area contributed by atoms with Gasteiger partial charge < -0.3 is 37.0 Å². The first kappa shape index (κ1) is 25.1. The van der Waals surface area contributed by atoms with E-state index >= 15 is 0 Å². The molecular formula is C15H28N4O7S. The van der Waals surface area contributed by atoms with Gasteiger partial charge in [-0.25, -0.2) is 4.79 Å². The number of aliphatic hydroxyl groups excluding tert-OH is 2. The number of carbonyl (C=O) groups is 4. The fraction of sp³-hybridized carbons (Fsp3) is 0.733. The zero-order valence-electron chi connectivity index (χ0n) is 15.5. The zero-order chi connectivity index (χ0) is 21.1. The van der Waals surface area contributed by atoms with Crippen molar-refractivity contribution in [3.8, 4) is 0 Å². The Morgan fingerprint density at radius 2 is 1.56 bits per heavy atom. The maximum Gasteiger partial charge on any atom is 0.326 e. The summed E-state index contributed by atoms with van der Waals surface area (Å²) in [4.78, 5) is 47.3. The number of nitrogens with two attached hydrogens (primary N) is 1. The second-order valence-corrected chi connectivity index (χ2v) is 6.93. The summed E-state index contributed by atoms with van der Waals surface area (Å²) in [5.41, 5.74) is 5.37. The summed E-state index contributed by atoms with van der Waals surface area (Å²) in [7, 11) is 0. The molecule has 0 saturated carbocycles. The van der Waals surface area contributed by atoms with Gasteiger partial charge in [-0.15, -0.1) is 0 Å². The minimum atomic E-state index is -1.48. The van der Waals surface area contributed by atoms with Gasteiger partial charge >= 0.3 is 5.97 Å². The van der Waals surface area contributed by atoms with Crippen molar-refractivity contribution in [2.45, 2.75) is 50.5 Å². The number of carbonyl (C=O) groups excluding carboxylic acids is 3. The van der Waals surface area contributed by atoms with Gasteiger partial charge in [0.25, 0.3) is 0 Å². The summed E-state index contributed by atoms with van der Waals surface area (Å²) < 4.78 is 0. The number of carboxylic acids is 1. The summed E-state index contributed by atoms with van der Waals surface area (Å²) >= 11 is 1.40. The Hall–Kier alpha value is -1.89. The standard InChI is InChI=1S/C15H28N4O7S/c1-7(16)12(22)18-10(6-20)13(23)19-11(8(2)21)14(24)17-9(15(25)26)4-5-27-3/h7-11,20-21H,4-6,16H2,1-3H3,(H,17,24)(H,18,22)(H,19,23)(H,25,26). The molecule has 12 heteroatoms. The van der Waals surface area contributed by atoms with E-state index in [1.54, 1.807) is 6.26 Å². The van der Waals surface area contributed by atoms with Crippen molar-refractivity contribution in [1.82, 2.24) is 16.0 Å². The first-order chi connectivity index (χ1) is 12.5. The Kier molecular flexibility index (Phi) is 11.6. The molecule has 0 rings (SSSR count). The van der Waals surface area contributed by atoms with Crippen LogP contribution < -0.4 is 21.7 Å². The maximum atomic E-state index is 12.3. The number of aliphatic carboxylic acids is 1. The van der Waals surface area contributed by atoms with Crippen LogP contribution in [0.3, 0.4) is 0 Å². The van der Waals surface area contributed by atoms with Gasteiger partial charge in [-0.05, 0) is 32.3 Å². The molecule has 0 radical (unpaired) electrons. The lowest BCUT2D eigenvalue weighted by molar-refractivity contribution is -0.143. The molecule has 27 heavy (non-hydrogen) atoms. The van der Waals surface area contributed by atoms with Crippen LogP contribution >= 0.6 is 11.8 Å². The summed E-state index contributed by atoms with van der Waals surface area (Å²) in [6.45, 7) is 1.86. The molecule has 5 atom stereocenters. The van der Waals surface area contributed by atoms with Crippen molar-refractivity contribution in [3.05, 3.63) is 0 Å². The van der Waals surface area contributed by atoms with E-state index in [9.17, 15) is 29.4 Å². The highest BCUT2D eigenvalue weighted by Gasteiger charge is 2.32. The lowest BCUT2D eigenvalue weighted by atomic mass is 10.1. The van der Waals surface area contributed by atoms with Crippen LogP contribution in [0.25, 0.3) is 0 Å². The topological polar surface area (TPSA) is 191 Å². The summed E-state index contributed by atoms with van der Waals surface area (Å²) in [6, 6.07) is -4.97. The minimum absolute atomic E-state index is 0.159. The fourth-order valence-corrected chi connectivity index (χ4v) is 2.38. The smallest absolute Gasteiger partial charge is 0.326 e. The lowest BCUT2D eigenvalue weighted by Gasteiger charge is -2.25. The average molecular weight is 408 g/mol. The molecule has 0 aromatic carbocycles. The number of thioether (sulfide) groups is 1. The van der Waals surface area contributed by atoms with Crippen LogP contribution in [0.15, 0.2) is 0 Å². The summed E-state index contributed by atoms with van der Waals surface area (Å²) in [5, 5.41) is 34.9. The zero-order valence-corrected chi connectivity index (χ0v) is 16.3. The van der Waals surface area contributed by atoms with E-state index < -0.39 is 60.6 Å². The first-order valence-corrected chi connectivity index (χ1v) is 9.61. The van der Waals surface area contributed by atoms with Crippen LogP contribution in [-0.2, 0) is 19.2 Å². The highest BCUT2D eigenvalue weighted by molar-refractivity contribution is 7.98. The Morgan fingerprint density at radius 1 is 1.00 bits per heavy atom. The van der Waals surface area contributed by atoms with E-state index in [2.05, 4.69) is 16.0 Å². The van der Waals surface area contributed by atoms with E-state index in [4.69, 9.17) is 10.8 Å². The predicted octanol–water partition coefficient (Wildman–Crippen LogP) is -3.00. The molecule has 0 aliphatic rings. The molecule has 8 N–H and O–H groups in total. The summed E-state index contributed by atoms with van der Waals surface area (Å²) in [6.07, 6.45) is 0.588. The lowest BCUT2D eigenvalue weighted by Crippen LogP contribution is -2.60. The van der Waals surface area contributed by atoms with Crippen LogP contribution in [0, 0.1) is 0 Å². The van der Waals surface area contributed by atoms with E-state index in [-0.39, 0.29) is 6.42 Å². The van der Waals surface area contributed by atoms with E-state index in [0.29, 0.717) is 5.75 Å². The van der Waals surface area contributed by atoms with Crippen molar-refractivity contribution in [1.29, 1.82) is 0 Å². The quantitative estimate of drug-likeness (QED) is 0.176. The average Bonchev–Trinajstić information content (AvgIpc) is 2.59. The van der Waals surface area contributed by atoms with Gasteiger partial charge in [0.15, 0.2) is 0 Å². The number of rotatable bonds is 12. The van der Waals surface area contributed by atoms with Crippen LogP contribution in [0.5, 0.6) is 0 Å². The van der Waals surface area contributed by atoms with E-state index in [1.165, 1.54) is 25.6 Å². The van der Waals surface area contributed by atoms with Crippen molar-refractivity contribution in [2.75, 3.05) is 18.6 Å². The molecule has 11 nitrogen and oxygen atoms in total. The molecule has 0 fully saturated rings. The molecule has 0 spiro atoms. The maximum absolute atomic E-state index is 12.3. The Morgan fingerprint density at radius 3 is 1.96 bits per heavy atom. The van der Waals surface area contributed by atoms with Gasteiger partial charge in [0.05, 0.1) is 18.8 Å². The molecule has 3 amide bonds. The largest absolute Gasteiger partial charge is 0.480 e. The van der Waals surface area contributed by atoms with Gasteiger partial charge in [-0.2, -0.15) is 11.8 Å². The first-order valence-electron chi connectivity index (χ1n) is 8.22. The second-order valence-electron chi connectivity index (χ2n) is 5.94. The number of aliphatic hydroxyl groups is 2. The normalized spacial score (nSPS) is 16.4. The molecule has 0 bridgehead atoms.